The number of halogens is 1. The third-order valence-corrected chi connectivity index (χ3v) is 4.46. The van der Waals surface area contributed by atoms with Gasteiger partial charge in [0, 0.05) is 26.2 Å². The summed E-state index contributed by atoms with van der Waals surface area (Å²) in [5.74, 6) is 0.280. The van der Waals surface area contributed by atoms with Gasteiger partial charge in [0.05, 0.1) is 17.3 Å². The molecule has 2 amide bonds. The number of aromatic nitrogens is 2. The van der Waals surface area contributed by atoms with E-state index in [-0.39, 0.29) is 17.7 Å². The molecule has 0 unspecified atom stereocenters. The van der Waals surface area contributed by atoms with Crippen LogP contribution in [0.15, 0.2) is 36.4 Å². The maximum absolute atomic E-state index is 12.3. The summed E-state index contributed by atoms with van der Waals surface area (Å²) in [5, 5.41) is 11.3. The summed E-state index contributed by atoms with van der Waals surface area (Å²) in [6.45, 7) is 4.50. The Labute approximate surface area is 162 Å². The van der Waals surface area contributed by atoms with Crippen LogP contribution in [0.25, 0.3) is 0 Å². The van der Waals surface area contributed by atoms with Gasteiger partial charge in [0.15, 0.2) is 11.5 Å². The lowest BCUT2D eigenvalue weighted by Crippen LogP contribution is -2.49. The lowest BCUT2D eigenvalue weighted by Gasteiger charge is -2.34. The van der Waals surface area contributed by atoms with Crippen molar-refractivity contribution < 1.29 is 14.3 Å². The molecule has 1 aliphatic rings. The van der Waals surface area contributed by atoms with Gasteiger partial charge in [-0.1, -0.05) is 23.7 Å². The molecule has 3 rings (SSSR count). The minimum atomic E-state index is -0.380. The Morgan fingerprint density at radius 3 is 2.48 bits per heavy atom. The third kappa shape index (κ3) is 4.65. The lowest BCUT2D eigenvalue weighted by atomic mass is 10.3. The van der Waals surface area contributed by atoms with Gasteiger partial charge in [-0.05, 0) is 31.2 Å². The van der Waals surface area contributed by atoms with Gasteiger partial charge >= 0.3 is 6.09 Å². The molecule has 0 aliphatic carbocycles. The molecule has 142 valence electrons. The predicted molar refractivity (Wildman–Crippen MR) is 102 cm³/mol. The van der Waals surface area contributed by atoms with E-state index < -0.39 is 0 Å². The van der Waals surface area contributed by atoms with Crippen molar-refractivity contribution in [2.75, 3.05) is 43.0 Å². The second-order valence-corrected chi connectivity index (χ2v) is 6.29. The molecule has 0 radical (unpaired) electrons. The highest BCUT2D eigenvalue weighted by Crippen LogP contribution is 2.21. The Bertz CT molecular complexity index is 807. The fourth-order valence-corrected chi connectivity index (χ4v) is 2.88. The summed E-state index contributed by atoms with van der Waals surface area (Å²) in [6, 6.07) is 10.3. The van der Waals surface area contributed by atoms with E-state index in [2.05, 4.69) is 15.5 Å². The van der Waals surface area contributed by atoms with Gasteiger partial charge < -0.3 is 19.9 Å². The maximum Gasteiger partial charge on any atom is 0.409 e. The zero-order valence-electron chi connectivity index (χ0n) is 14.9. The second-order valence-electron chi connectivity index (χ2n) is 5.88. The van der Waals surface area contributed by atoms with E-state index in [1.165, 1.54) is 0 Å². The van der Waals surface area contributed by atoms with Crippen molar-refractivity contribution in [3.05, 3.63) is 47.1 Å². The minimum absolute atomic E-state index is 0.198. The Morgan fingerprint density at radius 2 is 1.85 bits per heavy atom. The summed E-state index contributed by atoms with van der Waals surface area (Å²) in [6.07, 6.45) is -0.296. The Balaban J connectivity index is 1.58. The van der Waals surface area contributed by atoms with Crippen LogP contribution in [-0.2, 0) is 4.74 Å². The first-order valence-corrected chi connectivity index (χ1v) is 9.02. The molecule has 0 spiro atoms. The van der Waals surface area contributed by atoms with E-state index in [1.54, 1.807) is 48.2 Å². The number of amides is 2. The molecular formula is C18H20ClN5O3. The first-order valence-electron chi connectivity index (χ1n) is 8.64. The normalized spacial score (nSPS) is 14.0. The molecule has 1 aromatic carbocycles. The number of benzene rings is 1. The van der Waals surface area contributed by atoms with Gasteiger partial charge in [-0.25, -0.2) is 4.79 Å². The van der Waals surface area contributed by atoms with Gasteiger partial charge in [-0.2, -0.15) is 0 Å². The van der Waals surface area contributed by atoms with Crippen molar-refractivity contribution >= 4 is 35.1 Å². The standard InChI is InChI=1S/C18H20ClN5O3/c1-2-27-18(26)24-11-9-23(10-12-24)16-8-7-15(21-22-16)17(25)20-14-6-4-3-5-13(14)19/h3-8H,2,9-12H2,1H3,(H,20,25). The number of piperazine rings is 1. The average Bonchev–Trinajstić information content (AvgIpc) is 2.70. The van der Waals surface area contributed by atoms with Crippen LogP contribution in [0, 0.1) is 0 Å². The molecule has 1 fully saturated rings. The Hall–Kier alpha value is -2.87. The number of anilines is 2. The van der Waals surface area contributed by atoms with E-state index in [0.29, 0.717) is 49.3 Å². The minimum Gasteiger partial charge on any atom is -0.450 e. The summed E-state index contributed by atoms with van der Waals surface area (Å²) in [5.41, 5.74) is 0.717. The van der Waals surface area contributed by atoms with Crippen LogP contribution in [0.3, 0.4) is 0 Å². The van der Waals surface area contributed by atoms with E-state index in [0.717, 1.165) is 0 Å². The second kappa shape index (κ2) is 8.68. The number of nitrogens with zero attached hydrogens (tertiary/aromatic N) is 4. The molecule has 1 aromatic heterocycles. The average molecular weight is 390 g/mol. The molecule has 9 heteroatoms. The van der Waals surface area contributed by atoms with E-state index in [4.69, 9.17) is 16.3 Å². The zero-order valence-corrected chi connectivity index (χ0v) is 15.6. The monoisotopic (exact) mass is 389 g/mol. The summed E-state index contributed by atoms with van der Waals surface area (Å²) >= 11 is 6.04. The fourth-order valence-electron chi connectivity index (χ4n) is 2.70. The molecule has 1 aliphatic heterocycles. The molecule has 0 atom stereocenters. The van der Waals surface area contributed by atoms with E-state index >= 15 is 0 Å². The van der Waals surface area contributed by atoms with Crippen LogP contribution in [0.2, 0.25) is 5.02 Å². The molecule has 8 nitrogen and oxygen atoms in total. The molecule has 2 heterocycles. The molecule has 27 heavy (non-hydrogen) atoms. The largest absolute Gasteiger partial charge is 0.450 e. The molecular weight excluding hydrogens is 370 g/mol. The maximum atomic E-state index is 12.3. The quantitative estimate of drug-likeness (QED) is 0.864. The number of para-hydroxylation sites is 1. The van der Waals surface area contributed by atoms with Crippen LogP contribution in [0.1, 0.15) is 17.4 Å². The topological polar surface area (TPSA) is 87.7 Å². The van der Waals surface area contributed by atoms with Crippen molar-refractivity contribution in [3.8, 4) is 0 Å². The van der Waals surface area contributed by atoms with E-state index in [1.807, 2.05) is 4.90 Å². The number of carbonyl (C=O) groups excluding carboxylic acids is 2. The Morgan fingerprint density at radius 1 is 1.11 bits per heavy atom. The number of nitrogens with one attached hydrogen (secondary N) is 1. The highest BCUT2D eigenvalue weighted by atomic mass is 35.5. The molecule has 0 bridgehead atoms. The first-order chi connectivity index (χ1) is 13.1. The number of hydrogen-bond acceptors (Lipinski definition) is 6. The van der Waals surface area contributed by atoms with E-state index in [9.17, 15) is 9.59 Å². The molecule has 1 saturated heterocycles. The van der Waals surface area contributed by atoms with Gasteiger partial charge in [-0.15, -0.1) is 10.2 Å². The summed E-state index contributed by atoms with van der Waals surface area (Å²) in [7, 11) is 0. The van der Waals surface area contributed by atoms with Crippen LogP contribution >= 0.6 is 11.6 Å². The van der Waals surface area contributed by atoms with Crippen LogP contribution in [-0.4, -0.2) is 59.9 Å². The summed E-state index contributed by atoms with van der Waals surface area (Å²) in [4.78, 5) is 27.7. The smallest absolute Gasteiger partial charge is 0.409 e. The van der Waals surface area contributed by atoms with Crippen molar-refractivity contribution in [1.29, 1.82) is 0 Å². The zero-order chi connectivity index (χ0) is 19.2. The number of hydrogen-bond donors (Lipinski definition) is 1. The van der Waals surface area contributed by atoms with Gasteiger partial charge in [0.25, 0.3) is 5.91 Å². The van der Waals surface area contributed by atoms with Gasteiger partial charge in [-0.3, -0.25) is 4.79 Å². The van der Waals surface area contributed by atoms with Gasteiger partial charge in [0.2, 0.25) is 0 Å². The van der Waals surface area contributed by atoms with Crippen LogP contribution < -0.4 is 10.2 Å². The number of rotatable bonds is 4. The van der Waals surface area contributed by atoms with Crippen LogP contribution in [0.5, 0.6) is 0 Å². The predicted octanol–water partition coefficient (Wildman–Crippen LogP) is 2.66. The van der Waals surface area contributed by atoms with Crippen molar-refractivity contribution in [2.24, 2.45) is 0 Å². The molecule has 2 aromatic rings. The highest BCUT2D eigenvalue weighted by Gasteiger charge is 2.23. The van der Waals surface area contributed by atoms with Gasteiger partial charge in [0.1, 0.15) is 0 Å². The highest BCUT2D eigenvalue weighted by molar-refractivity contribution is 6.33. The number of carbonyl (C=O) groups is 2. The summed E-state index contributed by atoms with van der Waals surface area (Å²) < 4.78 is 5.01. The Kier molecular flexibility index (Phi) is 6.08. The van der Waals surface area contributed by atoms with Crippen molar-refractivity contribution in [3.63, 3.8) is 0 Å². The number of ether oxygens (including phenoxy) is 1. The van der Waals surface area contributed by atoms with Crippen LogP contribution in [0.4, 0.5) is 16.3 Å². The molecule has 1 N–H and O–H groups in total. The fraction of sp³-hybridized carbons (Fsp3) is 0.333. The lowest BCUT2D eigenvalue weighted by molar-refractivity contribution is 0.101. The first kappa shape index (κ1) is 18.9. The van der Waals surface area contributed by atoms with Crippen molar-refractivity contribution in [1.82, 2.24) is 15.1 Å². The SMILES string of the molecule is CCOC(=O)N1CCN(c2ccc(C(=O)Nc3ccccc3Cl)nn2)CC1. The molecule has 0 saturated carbocycles. The van der Waals surface area contributed by atoms with Crippen molar-refractivity contribution in [2.45, 2.75) is 6.92 Å². The third-order valence-electron chi connectivity index (χ3n) is 4.13.